The average Bonchev–Trinajstić information content (AvgIpc) is 2.21. The van der Waals surface area contributed by atoms with E-state index in [0.29, 0.717) is 12.0 Å². The standard InChI is InChI=1S/C11H19N3/c1-4-10(5-2)9(3)13-11-7-6-8-12-14-11/h6-10H,4-5H2,1-3H3,(H,13,14). The van der Waals surface area contributed by atoms with Crippen molar-refractivity contribution < 1.29 is 0 Å². The van der Waals surface area contributed by atoms with Crippen LogP contribution in [0, 0.1) is 5.92 Å². The fraction of sp³-hybridized carbons (Fsp3) is 0.636. The Morgan fingerprint density at radius 3 is 2.57 bits per heavy atom. The van der Waals surface area contributed by atoms with Gasteiger partial charge < -0.3 is 5.32 Å². The third-order valence-corrected chi connectivity index (χ3v) is 2.70. The Kier molecular flexibility index (Phi) is 4.36. The quantitative estimate of drug-likeness (QED) is 0.781. The van der Waals surface area contributed by atoms with Crippen LogP contribution in [0.1, 0.15) is 33.6 Å². The summed E-state index contributed by atoms with van der Waals surface area (Å²) in [5.74, 6) is 1.57. The van der Waals surface area contributed by atoms with Gasteiger partial charge in [-0.3, -0.25) is 0 Å². The fourth-order valence-electron chi connectivity index (χ4n) is 1.73. The summed E-state index contributed by atoms with van der Waals surface area (Å²) < 4.78 is 0. The molecule has 1 heterocycles. The SMILES string of the molecule is CCC(CC)C(C)Nc1cccnn1. The van der Waals surface area contributed by atoms with E-state index in [-0.39, 0.29) is 0 Å². The molecule has 3 nitrogen and oxygen atoms in total. The zero-order chi connectivity index (χ0) is 10.4. The lowest BCUT2D eigenvalue weighted by atomic mass is 9.95. The maximum Gasteiger partial charge on any atom is 0.148 e. The molecule has 0 saturated carbocycles. The molecule has 0 fully saturated rings. The van der Waals surface area contributed by atoms with Crippen LogP contribution in [0.3, 0.4) is 0 Å². The van der Waals surface area contributed by atoms with Crippen LogP contribution in [0.4, 0.5) is 5.82 Å². The zero-order valence-corrected chi connectivity index (χ0v) is 9.20. The molecule has 78 valence electrons. The molecule has 1 aromatic rings. The summed E-state index contributed by atoms with van der Waals surface area (Å²) in [7, 11) is 0. The van der Waals surface area contributed by atoms with E-state index < -0.39 is 0 Å². The molecule has 14 heavy (non-hydrogen) atoms. The fourth-order valence-corrected chi connectivity index (χ4v) is 1.73. The third kappa shape index (κ3) is 2.98. The van der Waals surface area contributed by atoms with E-state index in [4.69, 9.17) is 0 Å². The summed E-state index contributed by atoms with van der Waals surface area (Å²) in [5.41, 5.74) is 0. The molecule has 3 heteroatoms. The van der Waals surface area contributed by atoms with E-state index in [9.17, 15) is 0 Å². The van der Waals surface area contributed by atoms with Crippen molar-refractivity contribution in [2.24, 2.45) is 5.92 Å². The van der Waals surface area contributed by atoms with Crippen LogP contribution >= 0.6 is 0 Å². The average molecular weight is 193 g/mol. The van der Waals surface area contributed by atoms with Crippen LogP contribution in [0.2, 0.25) is 0 Å². The van der Waals surface area contributed by atoms with Gasteiger partial charge in [0.05, 0.1) is 0 Å². The van der Waals surface area contributed by atoms with E-state index in [1.54, 1.807) is 6.20 Å². The molecule has 0 radical (unpaired) electrons. The first-order valence-corrected chi connectivity index (χ1v) is 5.32. The molecule has 1 N–H and O–H groups in total. The van der Waals surface area contributed by atoms with Crippen molar-refractivity contribution in [2.45, 2.75) is 39.7 Å². The Balaban J connectivity index is 2.52. The number of aromatic nitrogens is 2. The second-order valence-corrected chi connectivity index (χ2v) is 3.62. The summed E-state index contributed by atoms with van der Waals surface area (Å²) in [4.78, 5) is 0. The lowest BCUT2D eigenvalue weighted by molar-refractivity contribution is 0.437. The minimum Gasteiger partial charge on any atom is -0.366 e. The Bertz CT molecular complexity index is 244. The number of anilines is 1. The number of rotatable bonds is 5. The molecule has 0 spiro atoms. The lowest BCUT2D eigenvalue weighted by Gasteiger charge is -2.22. The van der Waals surface area contributed by atoms with Gasteiger partial charge in [-0.1, -0.05) is 26.7 Å². The van der Waals surface area contributed by atoms with Crippen LogP contribution in [-0.2, 0) is 0 Å². The zero-order valence-electron chi connectivity index (χ0n) is 9.20. The molecular formula is C11H19N3. The van der Waals surface area contributed by atoms with Crippen molar-refractivity contribution in [2.75, 3.05) is 5.32 Å². The van der Waals surface area contributed by atoms with Crippen molar-refractivity contribution in [3.05, 3.63) is 18.3 Å². The van der Waals surface area contributed by atoms with Crippen LogP contribution in [0.25, 0.3) is 0 Å². The van der Waals surface area contributed by atoms with E-state index in [1.807, 2.05) is 12.1 Å². The van der Waals surface area contributed by atoms with Gasteiger partial charge >= 0.3 is 0 Å². The van der Waals surface area contributed by atoms with Crippen molar-refractivity contribution in [1.82, 2.24) is 10.2 Å². The van der Waals surface area contributed by atoms with Crippen molar-refractivity contribution >= 4 is 5.82 Å². The Morgan fingerprint density at radius 2 is 2.07 bits per heavy atom. The first-order chi connectivity index (χ1) is 6.77. The second kappa shape index (κ2) is 5.58. The summed E-state index contributed by atoms with van der Waals surface area (Å²) in [6.45, 7) is 6.65. The lowest BCUT2D eigenvalue weighted by Crippen LogP contribution is -2.25. The summed E-state index contributed by atoms with van der Waals surface area (Å²) in [6, 6.07) is 4.31. The van der Waals surface area contributed by atoms with Gasteiger partial charge in [0.2, 0.25) is 0 Å². The number of hydrogen-bond donors (Lipinski definition) is 1. The molecule has 1 atom stereocenters. The van der Waals surface area contributed by atoms with E-state index in [0.717, 1.165) is 5.82 Å². The largest absolute Gasteiger partial charge is 0.366 e. The van der Waals surface area contributed by atoms with Gasteiger partial charge in [0.1, 0.15) is 5.82 Å². The van der Waals surface area contributed by atoms with Gasteiger partial charge in [-0.05, 0) is 25.0 Å². The van der Waals surface area contributed by atoms with Crippen molar-refractivity contribution in [3.8, 4) is 0 Å². The van der Waals surface area contributed by atoms with Crippen LogP contribution in [0.15, 0.2) is 18.3 Å². The smallest absolute Gasteiger partial charge is 0.148 e. The molecule has 0 aromatic carbocycles. The van der Waals surface area contributed by atoms with Crippen LogP contribution in [-0.4, -0.2) is 16.2 Å². The van der Waals surface area contributed by atoms with Gasteiger partial charge in [0.15, 0.2) is 0 Å². The monoisotopic (exact) mass is 193 g/mol. The minimum absolute atomic E-state index is 0.460. The van der Waals surface area contributed by atoms with Gasteiger partial charge in [-0.15, -0.1) is 5.10 Å². The van der Waals surface area contributed by atoms with Gasteiger partial charge in [-0.2, -0.15) is 5.10 Å². The second-order valence-electron chi connectivity index (χ2n) is 3.62. The molecule has 1 rings (SSSR count). The highest BCUT2D eigenvalue weighted by Gasteiger charge is 2.13. The normalized spacial score (nSPS) is 12.9. The minimum atomic E-state index is 0.460. The van der Waals surface area contributed by atoms with E-state index in [2.05, 4.69) is 36.3 Å². The molecule has 0 amide bonds. The molecule has 1 unspecified atom stereocenters. The van der Waals surface area contributed by atoms with E-state index in [1.165, 1.54) is 12.8 Å². The van der Waals surface area contributed by atoms with Crippen LogP contribution < -0.4 is 5.32 Å². The van der Waals surface area contributed by atoms with Crippen molar-refractivity contribution in [3.63, 3.8) is 0 Å². The number of nitrogens with zero attached hydrogens (tertiary/aromatic N) is 2. The first-order valence-electron chi connectivity index (χ1n) is 5.32. The number of hydrogen-bond acceptors (Lipinski definition) is 3. The highest BCUT2D eigenvalue weighted by molar-refractivity contribution is 5.32. The Hall–Kier alpha value is -1.12. The summed E-state index contributed by atoms with van der Waals surface area (Å²) in [6.07, 6.45) is 4.09. The molecule has 0 bridgehead atoms. The first kappa shape index (κ1) is 11.0. The maximum absolute atomic E-state index is 4.01. The van der Waals surface area contributed by atoms with E-state index >= 15 is 0 Å². The topological polar surface area (TPSA) is 37.8 Å². The molecule has 0 aliphatic rings. The van der Waals surface area contributed by atoms with Crippen LogP contribution in [0.5, 0.6) is 0 Å². The summed E-state index contributed by atoms with van der Waals surface area (Å²) >= 11 is 0. The molecular weight excluding hydrogens is 174 g/mol. The molecule has 0 aliphatic heterocycles. The summed E-state index contributed by atoms with van der Waals surface area (Å²) in [5, 5.41) is 11.2. The van der Waals surface area contributed by atoms with Gasteiger partial charge in [-0.25, -0.2) is 0 Å². The number of nitrogens with one attached hydrogen (secondary N) is 1. The van der Waals surface area contributed by atoms with Gasteiger partial charge in [0.25, 0.3) is 0 Å². The maximum atomic E-state index is 4.01. The Morgan fingerprint density at radius 1 is 1.36 bits per heavy atom. The highest BCUT2D eigenvalue weighted by Crippen LogP contribution is 2.15. The highest BCUT2D eigenvalue weighted by atomic mass is 15.2. The third-order valence-electron chi connectivity index (χ3n) is 2.70. The van der Waals surface area contributed by atoms with Crippen molar-refractivity contribution in [1.29, 1.82) is 0 Å². The molecule has 0 aliphatic carbocycles. The molecule has 1 aromatic heterocycles. The predicted octanol–water partition coefficient (Wildman–Crippen LogP) is 2.71. The van der Waals surface area contributed by atoms with Gasteiger partial charge in [0, 0.05) is 12.2 Å². The molecule has 0 saturated heterocycles. The Labute approximate surface area is 85.9 Å². The predicted molar refractivity (Wildman–Crippen MR) is 59.2 cm³/mol.